The van der Waals surface area contributed by atoms with Gasteiger partial charge in [0.25, 0.3) is 0 Å². The van der Waals surface area contributed by atoms with Crippen LogP contribution in [0.15, 0.2) is 41.3 Å². The van der Waals surface area contributed by atoms with Gasteiger partial charge in [0.15, 0.2) is 11.5 Å². The van der Waals surface area contributed by atoms with Crippen LogP contribution >= 0.6 is 11.6 Å². The summed E-state index contributed by atoms with van der Waals surface area (Å²) in [6.45, 7) is 4.58. The van der Waals surface area contributed by atoms with E-state index in [4.69, 9.17) is 21.1 Å². The third-order valence-electron chi connectivity index (χ3n) is 4.43. The first-order valence-corrected chi connectivity index (χ1v) is 10.3. The van der Waals surface area contributed by atoms with Crippen molar-refractivity contribution in [3.05, 3.63) is 47.2 Å². The Labute approximate surface area is 161 Å². The monoisotopic (exact) mass is 407 g/mol. The molecule has 1 atom stereocenters. The molecule has 142 valence electrons. The number of aryl methyl sites for hydroxylation is 1. The molecule has 0 unspecified atom stereocenters. The summed E-state index contributed by atoms with van der Waals surface area (Å²) in [4.78, 5) is 4.78. The van der Waals surface area contributed by atoms with E-state index in [0.29, 0.717) is 28.9 Å². The molecule has 0 radical (unpaired) electrons. The van der Waals surface area contributed by atoms with Gasteiger partial charge in [-0.2, -0.15) is 0 Å². The molecule has 27 heavy (non-hydrogen) atoms. The molecule has 0 fully saturated rings. The summed E-state index contributed by atoms with van der Waals surface area (Å²) in [6, 6.07) is 9.19. The van der Waals surface area contributed by atoms with E-state index in [0.717, 1.165) is 11.0 Å². The first kappa shape index (κ1) is 18.1. The van der Waals surface area contributed by atoms with Gasteiger partial charge in [-0.05, 0) is 38.1 Å². The van der Waals surface area contributed by atoms with E-state index in [1.807, 2.05) is 23.6 Å². The van der Waals surface area contributed by atoms with Gasteiger partial charge in [-0.3, -0.25) is 0 Å². The molecule has 3 aromatic rings. The first-order chi connectivity index (χ1) is 12.9. The third-order valence-corrected chi connectivity index (χ3v) is 6.24. The predicted octanol–water partition coefficient (Wildman–Crippen LogP) is 3.48. The number of hydrogen-bond donors (Lipinski definition) is 1. The summed E-state index contributed by atoms with van der Waals surface area (Å²) in [5.74, 6) is 1.93. The zero-order chi connectivity index (χ0) is 19.2. The lowest BCUT2D eigenvalue weighted by Crippen LogP contribution is -2.28. The lowest BCUT2D eigenvalue weighted by molar-refractivity contribution is 0.174. The number of aromatic nitrogens is 2. The summed E-state index contributed by atoms with van der Waals surface area (Å²) in [6.07, 6.45) is 0. The zero-order valence-electron chi connectivity index (χ0n) is 14.8. The molecule has 1 aliphatic rings. The molecule has 0 aliphatic carbocycles. The van der Waals surface area contributed by atoms with Crippen molar-refractivity contribution in [3.8, 4) is 11.5 Å². The lowest BCUT2D eigenvalue weighted by atomic mass is 10.2. The van der Waals surface area contributed by atoms with Gasteiger partial charge >= 0.3 is 0 Å². The van der Waals surface area contributed by atoms with Gasteiger partial charge in [0, 0.05) is 23.7 Å². The first-order valence-electron chi connectivity index (χ1n) is 8.46. The summed E-state index contributed by atoms with van der Waals surface area (Å²) in [5.41, 5.74) is 1.60. The largest absolute Gasteiger partial charge is 0.454 e. The Morgan fingerprint density at radius 2 is 1.89 bits per heavy atom. The van der Waals surface area contributed by atoms with Crippen LogP contribution in [0.3, 0.4) is 0 Å². The minimum absolute atomic E-state index is 0.152. The van der Waals surface area contributed by atoms with Crippen molar-refractivity contribution in [1.29, 1.82) is 0 Å². The van der Waals surface area contributed by atoms with Crippen molar-refractivity contribution in [2.24, 2.45) is 0 Å². The van der Waals surface area contributed by atoms with Crippen LogP contribution in [0.1, 0.15) is 25.7 Å². The molecule has 9 heteroatoms. The molecule has 0 saturated carbocycles. The van der Waals surface area contributed by atoms with Gasteiger partial charge in [-0.15, -0.1) is 0 Å². The van der Waals surface area contributed by atoms with Gasteiger partial charge in [0.1, 0.15) is 5.82 Å². The van der Waals surface area contributed by atoms with Crippen LogP contribution in [0.4, 0.5) is 0 Å². The van der Waals surface area contributed by atoms with Gasteiger partial charge in [0.2, 0.25) is 16.8 Å². The Kier molecular flexibility index (Phi) is 4.49. The van der Waals surface area contributed by atoms with Crippen LogP contribution in [0, 0.1) is 0 Å². The maximum absolute atomic E-state index is 12.7. The highest BCUT2D eigenvalue weighted by Crippen LogP contribution is 2.37. The van der Waals surface area contributed by atoms with Crippen LogP contribution < -0.4 is 14.2 Å². The lowest BCUT2D eigenvalue weighted by Gasteiger charge is -2.15. The molecule has 7 nitrogen and oxygen atoms in total. The summed E-state index contributed by atoms with van der Waals surface area (Å²) >= 11 is 5.84. The second-order valence-corrected chi connectivity index (χ2v) is 8.36. The maximum atomic E-state index is 12.7. The molecular weight excluding hydrogens is 390 g/mol. The summed E-state index contributed by atoms with van der Waals surface area (Å²) in [5, 5.41) is 0.479. The van der Waals surface area contributed by atoms with Crippen molar-refractivity contribution >= 4 is 32.7 Å². The Hall–Kier alpha value is -2.29. The van der Waals surface area contributed by atoms with Crippen LogP contribution in [0.5, 0.6) is 11.5 Å². The van der Waals surface area contributed by atoms with Crippen LogP contribution in [0.25, 0.3) is 11.0 Å². The maximum Gasteiger partial charge on any atom is 0.241 e. The molecule has 2 heterocycles. The van der Waals surface area contributed by atoms with Crippen LogP contribution in [0.2, 0.25) is 5.02 Å². The highest BCUT2D eigenvalue weighted by atomic mass is 35.5. The number of rotatable bonds is 5. The third kappa shape index (κ3) is 3.24. The fraction of sp³-hybridized carbons (Fsp3) is 0.278. The van der Waals surface area contributed by atoms with Gasteiger partial charge in [0.05, 0.1) is 22.0 Å². The molecule has 2 aromatic carbocycles. The number of ether oxygens (including phenoxy) is 2. The van der Waals surface area contributed by atoms with Crippen LogP contribution in [-0.4, -0.2) is 24.8 Å². The van der Waals surface area contributed by atoms with E-state index < -0.39 is 16.1 Å². The number of benzene rings is 2. The molecule has 0 amide bonds. The van der Waals surface area contributed by atoms with Gasteiger partial charge < -0.3 is 14.0 Å². The highest BCUT2D eigenvalue weighted by molar-refractivity contribution is 7.89. The average molecular weight is 408 g/mol. The summed E-state index contributed by atoms with van der Waals surface area (Å²) in [7, 11) is -3.71. The van der Waals surface area contributed by atoms with Crippen molar-refractivity contribution < 1.29 is 17.9 Å². The van der Waals surface area contributed by atoms with E-state index in [2.05, 4.69) is 9.71 Å². The Bertz CT molecular complexity index is 1110. The minimum atomic E-state index is -3.71. The van der Waals surface area contributed by atoms with Gasteiger partial charge in [-0.25, -0.2) is 18.1 Å². The fourth-order valence-electron chi connectivity index (χ4n) is 3.16. The molecule has 1 N–H and O–H groups in total. The molecule has 0 saturated heterocycles. The number of halogens is 1. The second kappa shape index (κ2) is 6.70. The molecule has 0 spiro atoms. The highest BCUT2D eigenvalue weighted by Gasteiger charge is 2.24. The molecular formula is C18H18ClN3O4S. The second-order valence-electron chi connectivity index (χ2n) is 6.21. The zero-order valence-corrected chi connectivity index (χ0v) is 16.3. The fourth-order valence-corrected chi connectivity index (χ4v) is 4.49. The quantitative estimate of drug-likeness (QED) is 0.700. The number of hydrogen-bond acceptors (Lipinski definition) is 5. The number of fused-ring (bicyclic) bond motifs is 2. The molecule has 1 aromatic heterocycles. The number of nitrogens with one attached hydrogen (secondary N) is 1. The predicted molar refractivity (Wildman–Crippen MR) is 102 cm³/mol. The van der Waals surface area contributed by atoms with Gasteiger partial charge in [-0.1, -0.05) is 11.6 Å². The SMILES string of the molecule is CCn1c([C@@H](C)NS(=O)(=O)c2ccc(Cl)cc2)nc2cc3c(cc21)OCO3. The van der Waals surface area contributed by atoms with E-state index in [1.165, 1.54) is 12.1 Å². The standard InChI is InChI=1S/C18H18ClN3O4S/c1-3-22-15-9-17-16(25-10-26-17)8-14(15)20-18(22)11(2)21-27(23,24)13-6-4-12(19)5-7-13/h4-9,11,21H,3,10H2,1-2H3/t11-/m1/s1. The van der Waals surface area contributed by atoms with Crippen molar-refractivity contribution in [3.63, 3.8) is 0 Å². The molecule has 4 rings (SSSR count). The Balaban J connectivity index is 1.70. The number of sulfonamides is 1. The Morgan fingerprint density at radius 1 is 1.22 bits per heavy atom. The number of imidazole rings is 1. The van der Waals surface area contributed by atoms with E-state index in [-0.39, 0.29) is 11.7 Å². The average Bonchev–Trinajstić information content (AvgIpc) is 3.22. The Morgan fingerprint density at radius 3 is 2.56 bits per heavy atom. The summed E-state index contributed by atoms with van der Waals surface area (Å²) < 4.78 is 40.8. The smallest absolute Gasteiger partial charge is 0.241 e. The van der Waals surface area contributed by atoms with Crippen molar-refractivity contribution in [1.82, 2.24) is 14.3 Å². The molecule has 0 bridgehead atoms. The van der Waals surface area contributed by atoms with E-state index in [1.54, 1.807) is 19.1 Å². The minimum Gasteiger partial charge on any atom is -0.454 e. The van der Waals surface area contributed by atoms with Crippen molar-refractivity contribution in [2.45, 2.75) is 31.3 Å². The normalized spacial score (nSPS) is 14.6. The van der Waals surface area contributed by atoms with Crippen molar-refractivity contribution in [2.75, 3.05) is 6.79 Å². The van der Waals surface area contributed by atoms with E-state index >= 15 is 0 Å². The van der Waals surface area contributed by atoms with E-state index in [9.17, 15) is 8.42 Å². The topological polar surface area (TPSA) is 82.5 Å². The van der Waals surface area contributed by atoms with Crippen LogP contribution in [-0.2, 0) is 16.6 Å². The number of nitrogens with zero attached hydrogens (tertiary/aromatic N) is 2. The molecule has 1 aliphatic heterocycles.